The lowest BCUT2D eigenvalue weighted by Crippen LogP contribution is -1.77. The lowest BCUT2D eigenvalue weighted by molar-refractivity contribution is 0.629. The average molecular weight is 310 g/mol. The molecule has 0 aliphatic carbocycles. The van der Waals surface area contributed by atoms with E-state index in [1.165, 1.54) is 0 Å². The minimum absolute atomic E-state index is 0.870. The summed E-state index contributed by atoms with van der Waals surface area (Å²) in [6, 6.07) is 28.5. The first kappa shape index (κ1) is 13.2. The van der Waals surface area contributed by atoms with Crippen LogP contribution in [0.25, 0.3) is 44.6 Å². The standard InChI is InChI=1S/C22H14O2/c1-3-10-19-17(6-1)13-21(23-19)15-8-5-9-16(12-15)22-14-18-7-2-4-11-20(18)24-22/h1-14H. The molecule has 3 aromatic carbocycles. The second-order valence-corrected chi connectivity index (χ2v) is 5.88. The maximum atomic E-state index is 5.97. The quantitative estimate of drug-likeness (QED) is 0.371. The van der Waals surface area contributed by atoms with Crippen LogP contribution in [0.5, 0.6) is 0 Å². The van der Waals surface area contributed by atoms with E-state index < -0.39 is 0 Å². The van der Waals surface area contributed by atoms with Crippen LogP contribution in [0.4, 0.5) is 0 Å². The molecule has 0 aliphatic heterocycles. The summed E-state index contributed by atoms with van der Waals surface area (Å²) in [5.74, 6) is 1.74. The molecule has 0 amide bonds. The number of hydrogen-bond acceptors (Lipinski definition) is 2. The van der Waals surface area contributed by atoms with Crippen molar-refractivity contribution < 1.29 is 8.83 Å². The van der Waals surface area contributed by atoms with E-state index in [2.05, 4.69) is 42.5 Å². The van der Waals surface area contributed by atoms with Gasteiger partial charge in [-0.2, -0.15) is 0 Å². The second kappa shape index (κ2) is 5.14. The third-order valence-corrected chi connectivity index (χ3v) is 4.28. The minimum atomic E-state index is 0.870. The zero-order valence-corrected chi connectivity index (χ0v) is 12.9. The van der Waals surface area contributed by atoms with Gasteiger partial charge in [0.2, 0.25) is 0 Å². The van der Waals surface area contributed by atoms with Crippen LogP contribution >= 0.6 is 0 Å². The number of furan rings is 2. The Morgan fingerprint density at radius 2 is 0.958 bits per heavy atom. The van der Waals surface area contributed by atoms with Crippen LogP contribution in [0.15, 0.2) is 93.8 Å². The highest BCUT2D eigenvalue weighted by Crippen LogP contribution is 2.32. The van der Waals surface area contributed by atoms with E-state index in [4.69, 9.17) is 8.83 Å². The Balaban J connectivity index is 1.62. The number of fused-ring (bicyclic) bond motifs is 2. The molecular weight excluding hydrogens is 296 g/mol. The summed E-state index contributed by atoms with van der Waals surface area (Å²) in [4.78, 5) is 0. The van der Waals surface area contributed by atoms with Crippen molar-refractivity contribution in [1.82, 2.24) is 0 Å². The van der Waals surface area contributed by atoms with Gasteiger partial charge in [0.15, 0.2) is 0 Å². The smallest absolute Gasteiger partial charge is 0.135 e. The van der Waals surface area contributed by atoms with E-state index in [1.807, 2.05) is 42.5 Å². The molecule has 0 saturated carbocycles. The Hall–Kier alpha value is -3.26. The first-order chi connectivity index (χ1) is 11.9. The summed E-state index contributed by atoms with van der Waals surface area (Å²) in [7, 11) is 0. The summed E-state index contributed by atoms with van der Waals surface area (Å²) in [5, 5.41) is 2.23. The Kier molecular flexibility index (Phi) is 2.83. The van der Waals surface area contributed by atoms with Crippen molar-refractivity contribution in [3.05, 3.63) is 84.9 Å². The van der Waals surface area contributed by atoms with E-state index in [-0.39, 0.29) is 0 Å². The van der Waals surface area contributed by atoms with E-state index in [0.29, 0.717) is 0 Å². The number of rotatable bonds is 2. The van der Waals surface area contributed by atoms with Crippen LogP contribution < -0.4 is 0 Å². The van der Waals surface area contributed by atoms with Gasteiger partial charge in [0.05, 0.1) is 0 Å². The van der Waals surface area contributed by atoms with Crippen molar-refractivity contribution in [2.24, 2.45) is 0 Å². The topological polar surface area (TPSA) is 26.3 Å². The zero-order chi connectivity index (χ0) is 15.9. The van der Waals surface area contributed by atoms with Gasteiger partial charge in [-0.25, -0.2) is 0 Å². The van der Waals surface area contributed by atoms with Crippen molar-refractivity contribution in [1.29, 1.82) is 0 Å². The molecule has 0 fully saturated rings. The number of para-hydroxylation sites is 2. The molecule has 0 N–H and O–H groups in total. The van der Waals surface area contributed by atoms with E-state index in [9.17, 15) is 0 Å². The molecule has 0 spiro atoms. The molecule has 2 nitrogen and oxygen atoms in total. The molecule has 2 heterocycles. The van der Waals surface area contributed by atoms with Gasteiger partial charge in [0.1, 0.15) is 22.7 Å². The summed E-state index contributed by atoms with van der Waals surface area (Å²) in [6.07, 6.45) is 0. The Labute approximate surface area is 138 Å². The monoisotopic (exact) mass is 310 g/mol. The van der Waals surface area contributed by atoms with E-state index in [0.717, 1.165) is 44.6 Å². The molecular formula is C22H14O2. The van der Waals surface area contributed by atoms with Crippen LogP contribution in [-0.2, 0) is 0 Å². The molecule has 2 aromatic heterocycles. The second-order valence-electron chi connectivity index (χ2n) is 5.88. The molecule has 24 heavy (non-hydrogen) atoms. The van der Waals surface area contributed by atoms with Gasteiger partial charge in [-0.3, -0.25) is 0 Å². The largest absolute Gasteiger partial charge is 0.456 e. The lowest BCUT2D eigenvalue weighted by atomic mass is 10.1. The highest BCUT2D eigenvalue weighted by molar-refractivity contribution is 5.85. The molecule has 0 bridgehead atoms. The fraction of sp³-hybridized carbons (Fsp3) is 0. The van der Waals surface area contributed by atoms with Gasteiger partial charge in [-0.1, -0.05) is 54.6 Å². The predicted octanol–water partition coefficient (Wildman–Crippen LogP) is 6.51. The first-order valence-corrected chi connectivity index (χ1v) is 7.95. The maximum Gasteiger partial charge on any atom is 0.135 e. The Bertz CT molecular complexity index is 1010. The van der Waals surface area contributed by atoms with Crippen molar-refractivity contribution in [3.63, 3.8) is 0 Å². The Morgan fingerprint density at radius 1 is 0.458 bits per heavy atom. The lowest BCUT2D eigenvalue weighted by Gasteiger charge is -2.00. The van der Waals surface area contributed by atoms with Crippen LogP contribution in [0.2, 0.25) is 0 Å². The molecule has 0 saturated heterocycles. The summed E-state index contributed by atoms with van der Waals surface area (Å²) >= 11 is 0. The molecule has 5 rings (SSSR count). The van der Waals surface area contributed by atoms with Crippen molar-refractivity contribution in [2.75, 3.05) is 0 Å². The Morgan fingerprint density at radius 3 is 1.46 bits per heavy atom. The third-order valence-electron chi connectivity index (χ3n) is 4.28. The van der Waals surface area contributed by atoms with Gasteiger partial charge in [0, 0.05) is 21.9 Å². The fourth-order valence-electron chi connectivity index (χ4n) is 3.07. The van der Waals surface area contributed by atoms with Gasteiger partial charge in [-0.15, -0.1) is 0 Å². The van der Waals surface area contributed by atoms with E-state index >= 15 is 0 Å². The molecule has 5 aromatic rings. The van der Waals surface area contributed by atoms with Gasteiger partial charge >= 0.3 is 0 Å². The number of hydrogen-bond donors (Lipinski definition) is 0. The van der Waals surface area contributed by atoms with Gasteiger partial charge in [0.25, 0.3) is 0 Å². The van der Waals surface area contributed by atoms with Crippen LogP contribution in [-0.4, -0.2) is 0 Å². The van der Waals surface area contributed by atoms with Crippen LogP contribution in [0.1, 0.15) is 0 Å². The summed E-state index contributed by atoms with van der Waals surface area (Å²) in [6.45, 7) is 0. The van der Waals surface area contributed by atoms with Crippen molar-refractivity contribution in [3.8, 4) is 22.6 Å². The first-order valence-electron chi connectivity index (χ1n) is 7.95. The average Bonchev–Trinajstić information content (AvgIpc) is 3.26. The SMILES string of the molecule is c1cc(-c2cc3ccccc3o2)cc(-c2cc3ccccc3o2)c1. The van der Waals surface area contributed by atoms with Gasteiger partial charge in [-0.05, 0) is 30.3 Å². The van der Waals surface area contributed by atoms with Crippen molar-refractivity contribution >= 4 is 21.9 Å². The molecule has 2 heteroatoms. The molecule has 0 radical (unpaired) electrons. The van der Waals surface area contributed by atoms with Crippen LogP contribution in [0.3, 0.4) is 0 Å². The predicted molar refractivity (Wildman–Crippen MR) is 96.9 cm³/mol. The fourth-order valence-corrected chi connectivity index (χ4v) is 3.07. The normalized spacial score (nSPS) is 11.3. The molecule has 0 atom stereocenters. The minimum Gasteiger partial charge on any atom is -0.456 e. The van der Waals surface area contributed by atoms with Crippen LogP contribution in [0, 0.1) is 0 Å². The van der Waals surface area contributed by atoms with Crippen molar-refractivity contribution in [2.45, 2.75) is 0 Å². The maximum absolute atomic E-state index is 5.97. The molecule has 0 aliphatic rings. The third kappa shape index (κ3) is 2.12. The van der Waals surface area contributed by atoms with Gasteiger partial charge < -0.3 is 8.83 Å². The molecule has 114 valence electrons. The summed E-state index contributed by atoms with van der Waals surface area (Å²) in [5.41, 5.74) is 3.90. The number of benzene rings is 3. The summed E-state index contributed by atoms with van der Waals surface area (Å²) < 4.78 is 11.9. The van der Waals surface area contributed by atoms with E-state index in [1.54, 1.807) is 0 Å². The highest BCUT2D eigenvalue weighted by Gasteiger charge is 2.10. The highest BCUT2D eigenvalue weighted by atomic mass is 16.3. The molecule has 0 unspecified atom stereocenters. The zero-order valence-electron chi connectivity index (χ0n) is 12.9.